The van der Waals surface area contributed by atoms with Crippen LogP contribution in [0.3, 0.4) is 0 Å². The van der Waals surface area contributed by atoms with E-state index in [2.05, 4.69) is 37.1 Å². The van der Waals surface area contributed by atoms with Gasteiger partial charge >= 0.3 is 0 Å². The monoisotopic (exact) mass is 256 g/mol. The number of pyridine rings is 1. The quantitative estimate of drug-likeness (QED) is 0.904. The van der Waals surface area contributed by atoms with Crippen LogP contribution in [0.1, 0.15) is 29.8 Å². The molecule has 19 heavy (non-hydrogen) atoms. The van der Waals surface area contributed by atoms with Crippen LogP contribution in [-0.4, -0.2) is 12.0 Å². The highest BCUT2D eigenvalue weighted by molar-refractivity contribution is 5.36. The summed E-state index contributed by atoms with van der Waals surface area (Å²) in [4.78, 5) is 4.40. The molecule has 1 aromatic heterocycles. The van der Waals surface area contributed by atoms with Crippen molar-refractivity contribution >= 4 is 0 Å². The average Bonchev–Trinajstić information content (AvgIpc) is 2.37. The van der Waals surface area contributed by atoms with Crippen molar-refractivity contribution in [1.29, 1.82) is 0 Å². The van der Waals surface area contributed by atoms with Gasteiger partial charge in [-0.25, -0.2) is 0 Å². The molecule has 1 unspecified atom stereocenters. The molecule has 2 rings (SSSR count). The molecule has 0 aliphatic rings. The maximum Gasteiger partial charge on any atom is 0.145 e. The van der Waals surface area contributed by atoms with E-state index in [-0.39, 0.29) is 6.04 Å². The third kappa shape index (κ3) is 3.55. The van der Waals surface area contributed by atoms with Gasteiger partial charge in [0.2, 0.25) is 0 Å². The highest BCUT2D eigenvalue weighted by Gasteiger charge is 2.05. The molecule has 1 N–H and O–H groups in total. The molecule has 0 amide bonds. The van der Waals surface area contributed by atoms with Crippen LogP contribution in [0.25, 0.3) is 0 Å². The SMILES string of the molecule is CNC(C)c1ccc(Oc2cc(C)cc(C)c2)cn1. The van der Waals surface area contributed by atoms with Gasteiger partial charge in [-0.1, -0.05) is 6.07 Å². The van der Waals surface area contributed by atoms with E-state index in [1.165, 1.54) is 11.1 Å². The molecule has 2 aromatic rings. The van der Waals surface area contributed by atoms with E-state index < -0.39 is 0 Å². The van der Waals surface area contributed by atoms with Gasteiger partial charge < -0.3 is 10.1 Å². The lowest BCUT2D eigenvalue weighted by atomic mass is 10.1. The summed E-state index contributed by atoms with van der Waals surface area (Å²) in [7, 11) is 1.92. The summed E-state index contributed by atoms with van der Waals surface area (Å²) in [6.45, 7) is 6.21. The van der Waals surface area contributed by atoms with Gasteiger partial charge in [-0.2, -0.15) is 0 Å². The molecule has 0 bridgehead atoms. The molecule has 0 aliphatic carbocycles. The molecule has 1 aromatic carbocycles. The third-order valence-corrected chi connectivity index (χ3v) is 3.07. The Balaban J connectivity index is 2.15. The van der Waals surface area contributed by atoms with Gasteiger partial charge in [-0.15, -0.1) is 0 Å². The number of benzene rings is 1. The van der Waals surface area contributed by atoms with E-state index in [1.54, 1.807) is 6.20 Å². The fourth-order valence-electron chi connectivity index (χ4n) is 1.98. The fourth-order valence-corrected chi connectivity index (χ4v) is 1.98. The van der Waals surface area contributed by atoms with Crippen LogP contribution in [-0.2, 0) is 0 Å². The van der Waals surface area contributed by atoms with E-state index in [4.69, 9.17) is 4.74 Å². The topological polar surface area (TPSA) is 34.1 Å². The Morgan fingerprint density at radius 3 is 2.26 bits per heavy atom. The van der Waals surface area contributed by atoms with Crippen LogP contribution in [0.15, 0.2) is 36.5 Å². The second-order valence-electron chi connectivity index (χ2n) is 4.85. The highest BCUT2D eigenvalue weighted by Crippen LogP contribution is 2.23. The second-order valence-corrected chi connectivity index (χ2v) is 4.85. The maximum atomic E-state index is 5.83. The van der Waals surface area contributed by atoms with E-state index in [0.717, 1.165) is 17.2 Å². The summed E-state index contributed by atoms with van der Waals surface area (Å²) < 4.78 is 5.83. The predicted molar refractivity (Wildman–Crippen MR) is 77.7 cm³/mol. The Morgan fingerprint density at radius 1 is 1.05 bits per heavy atom. The molecule has 1 atom stereocenters. The molecule has 0 saturated heterocycles. The summed E-state index contributed by atoms with van der Waals surface area (Å²) in [5, 5.41) is 3.16. The molecule has 0 fully saturated rings. The second kappa shape index (κ2) is 5.85. The van der Waals surface area contributed by atoms with Crippen LogP contribution in [0.5, 0.6) is 11.5 Å². The van der Waals surface area contributed by atoms with Gasteiger partial charge in [0.05, 0.1) is 11.9 Å². The molecule has 0 spiro atoms. The number of rotatable bonds is 4. The van der Waals surface area contributed by atoms with Crippen LogP contribution >= 0.6 is 0 Å². The highest BCUT2D eigenvalue weighted by atomic mass is 16.5. The molecule has 3 heteroatoms. The lowest BCUT2D eigenvalue weighted by Gasteiger charge is -2.11. The third-order valence-electron chi connectivity index (χ3n) is 3.07. The number of hydrogen-bond donors (Lipinski definition) is 1. The Labute approximate surface area is 114 Å². The van der Waals surface area contributed by atoms with E-state index in [1.807, 2.05) is 31.3 Å². The van der Waals surface area contributed by atoms with Crippen molar-refractivity contribution in [3.63, 3.8) is 0 Å². The number of aromatic nitrogens is 1. The van der Waals surface area contributed by atoms with Crippen molar-refractivity contribution in [2.75, 3.05) is 7.05 Å². The number of aryl methyl sites for hydroxylation is 2. The number of nitrogens with zero attached hydrogens (tertiary/aromatic N) is 1. The number of ether oxygens (including phenoxy) is 1. The summed E-state index contributed by atoms with van der Waals surface area (Å²) in [6, 6.07) is 10.4. The molecule has 0 radical (unpaired) electrons. The van der Waals surface area contributed by atoms with Gasteiger partial charge in [0.15, 0.2) is 0 Å². The lowest BCUT2D eigenvalue weighted by Crippen LogP contribution is -2.13. The van der Waals surface area contributed by atoms with Crippen molar-refractivity contribution < 1.29 is 4.74 Å². The summed E-state index contributed by atoms with van der Waals surface area (Å²) in [6.07, 6.45) is 1.76. The van der Waals surface area contributed by atoms with Gasteiger partial charge in [0, 0.05) is 6.04 Å². The van der Waals surface area contributed by atoms with Crippen molar-refractivity contribution in [2.45, 2.75) is 26.8 Å². The van der Waals surface area contributed by atoms with Crippen LogP contribution in [0.4, 0.5) is 0 Å². The lowest BCUT2D eigenvalue weighted by molar-refractivity contribution is 0.478. The van der Waals surface area contributed by atoms with Crippen LogP contribution in [0.2, 0.25) is 0 Å². The minimum atomic E-state index is 0.246. The maximum absolute atomic E-state index is 5.83. The number of nitrogens with one attached hydrogen (secondary N) is 1. The first-order valence-corrected chi connectivity index (χ1v) is 6.48. The largest absolute Gasteiger partial charge is 0.456 e. The van der Waals surface area contributed by atoms with Crippen LogP contribution in [0, 0.1) is 13.8 Å². The number of hydrogen-bond acceptors (Lipinski definition) is 3. The Morgan fingerprint density at radius 2 is 1.74 bits per heavy atom. The average molecular weight is 256 g/mol. The standard InChI is InChI=1S/C16H20N2O/c1-11-7-12(2)9-15(8-11)19-14-5-6-16(18-10-14)13(3)17-4/h5-10,13,17H,1-4H3. The Hall–Kier alpha value is -1.87. The van der Waals surface area contributed by atoms with Gasteiger partial charge in [0.1, 0.15) is 11.5 Å². The summed E-state index contributed by atoms with van der Waals surface area (Å²) in [5.41, 5.74) is 3.40. The van der Waals surface area contributed by atoms with Crippen LogP contribution < -0.4 is 10.1 Å². The normalized spacial score (nSPS) is 12.2. The summed E-state index contributed by atoms with van der Waals surface area (Å²) >= 11 is 0. The minimum Gasteiger partial charge on any atom is -0.456 e. The first kappa shape index (κ1) is 13.6. The smallest absolute Gasteiger partial charge is 0.145 e. The minimum absolute atomic E-state index is 0.246. The van der Waals surface area contributed by atoms with Crippen molar-refractivity contribution in [3.8, 4) is 11.5 Å². The van der Waals surface area contributed by atoms with Crippen molar-refractivity contribution in [2.24, 2.45) is 0 Å². The zero-order valence-corrected chi connectivity index (χ0v) is 11.9. The molecule has 0 aliphatic heterocycles. The summed E-state index contributed by atoms with van der Waals surface area (Å²) in [5.74, 6) is 1.62. The first-order valence-electron chi connectivity index (χ1n) is 6.48. The Bertz CT molecular complexity index is 529. The Kier molecular flexibility index (Phi) is 4.17. The van der Waals surface area contributed by atoms with Crippen molar-refractivity contribution in [3.05, 3.63) is 53.3 Å². The zero-order chi connectivity index (χ0) is 13.8. The molecule has 100 valence electrons. The first-order chi connectivity index (χ1) is 9.08. The fraction of sp³-hybridized carbons (Fsp3) is 0.312. The molecule has 3 nitrogen and oxygen atoms in total. The van der Waals surface area contributed by atoms with E-state index in [9.17, 15) is 0 Å². The predicted octanol–water partition coefficient (Wildman–Crippen LogP) is 3.77. The molecular weight excluding hydrogens is 236 g/mol. The van der Waals surface area contributed by atoms with Crippen molar-refractivity contribution in [1.82, 2.24) is 10.3 Å². The van der Waals surface area contributed by atoms with E-state index >= 15 is 0 Å². The molecular formula is C16H20N2O. The van der Waals surface area contributed by atoms with Gasteiger partial charge in [-0.05, 0) is 63.2 Å². The zero-order valence-electron chi connectivity index (χ0n) is 11.9. The molecule has 1 heterocycles. The molecule has 0 saturated carbocycles. The van der Waals surface area contributed by atoms with Gasteiger partial charge in [0.25, 0.3) is 0 Å². The van der Waals surface area contributed by atoms with Gasteiger partial charge in [-0.3, -0.25) is 4.98 Å². The van der Waals surface area contributed by atoms with E-state index in [0.29, 0.717) is 0 Å².